The number of nitrogens with zero attached hydrogens (tertiary/aromatic N) is 2. The van der Waals surface area contributed by atoms with Gasteiger partial charge >= 0.3 is 0 Å². The van der Waals surface area contributed by atoms with Crippen LogP contribution in [0.5, 0.6) is 0 Å². The van der Waals surface area contributed by atoms with Gasteiger partial charge in [0.15, 0.2) is 0 Å². The molecule has 100 valence electrons. The number of pyridine rings is 1. The lowest BCUT2D eigenvalue weighted by molar-refractivity contribution is 0.815. The Morgan fingerprint density at radius 2 is 1.95 bits per heavy atom. The maximum Gasteiger partial charge on any atom is 0.132 e. The van der Waals surface area contributed by atoms with Gasteiger partial charge < -0.3 is 10.2 Å². The summed E-state index contributed by atoms with van der Waals surface area (Å²) in [6, 6.07) is 10.6. The largest absolute Gasteiger partial charge is 0.329 e. The highest BCUT2D eigenvalue weighted by atomic mass is 15.2. The minimum atomic E-state index is 0.857. The molecular formula is C16H21N3. The van der Waals surface area contributed by atoms with Gasteiger partial charge in [0.25, 0.3) is 0 Å². The van der Waals surface area contributed by atoms with E-state index in [1.54, 1.807) is 0 Å². The van der Waals surface area contributed by atoms with E-state index < -0.39 is 0 Å². The van der Waals surface area contributed by atoms with Gasteiger partial charge in [0, 0.05) is 25.5 Å². The summed E-state index contributed by atoms with van der Waals surface area (Å²) in [5.74, 6) is 0.972. The number of hydrogen-bond donors (Lipinski definition) is 1. The van der Waals surface area contributed by atoms with Gasteiger partial charge in [-0.3, -0.25) is 0 Å². The van der Waals surface area contributed by atoms with Crippen molar-refractivity contribution in [2.45, 2.75) is 20.4 Å². The summed E-state index contributed by atoms with van der Waals surface area (Å²) in [7, 11) is 4.01. The fourth-order valence-electron chi connectivity index (χ4n) is 2.26. The number of nitrogens with one attached hydrogen (secondary N) is 1. The Morgan fingerprint density at radius 1 is 1.16 bits per heavy atom. The summed E-state index contributed by atoms with van der Waals surface area (Å²) < 4.78 is 0. The third-order valence-electron chi connectivity index (χ3n) is 3.25. The molecule has 0 fully saturated rings. The summed E-state index contributed by atoms with van der Waals surface area (Å²) >= 11 is 0. The molecule has 1 heterocycles. The van der Waals surface area contributed by atoms with Crippen LogP contribution in [-0.2, 0) is 6.54 Å². The zero-order chi connectivity index (χ0) is 13.8. The predicted octanol–water partition coefficient (Wildman–Crippen LogP) is 3.19. The van der Waals surface area contributed by atoms with E-state index in [4.69, 9.17) is 0 Å². The molecule has 0 amide bonds. The number of aromatic nitrogens is 1. The predicted molar refractivity (Wildman–Crippen MR) is 81.0 cm³/mol. The van der Waals surface area contributed by atoms with E-state index in [2.05, 4.69) is 60.4 Å². The maximum atomic E-state index is 4.46. The highest BCUT2D eigenvalue weighted by Crippen LogP contribution is 2.26. The lowest BCUT2D eigenvalue weighted by Gasteiger charge is -2.21. The molecule has 0 aliphatic carbocycles. The second-order valence-electron chi connectivity index (χ2n) is 4.90. The van der Waals surface area contributed by atoms with Crippen molar-refractivity contribution in [2.75, 3.05) is 19.0 Å². The first-order valence-corrected chi connectivity index (χ1v) is 6.52. The molecule has 0 saturated carbocycles. The first-order valence-electron chi connectivity index (χ1n) is 6.52. The Balaban J connectivity index is 2.32. The molecule has 3 nitrogen and oxygen atoms in total. The molecule has 1 N–H and O–H groups in total. The number of hydrogen-bond acceptors (Lipinski definition) is 3. The average Bonchev–Trinajstić information content (AvgIpc) is 2.39. The van der Waals surface area contributed by atoms with Gasteiger partial charge in [-0.25, -0.2) is 4.98 Å². The van der Waals surface area contributed by atoms with Crippen molar-refractivity contribution in [3.8, 4) is 0 Å². The fourth-order valence-corrected chi connectivity index (χ4v) is 2.26. The van der Waals surface area contributed by atoms with Crippen molar-refractivity contribution in [3.63, 3.8) is 0 Å². The summed E-state index contributed by atoms with van der Waals surface area (Å²) in [6.07, 6.45) is 1.86. The van der Waals surface area contributed by atoms with Gasteiger partial charge in [0.05, 0.1) is 0 Å². The van der Waals surface area contributed by atoms with E-state index in [1.807, 2.05) is 19.3 Å². The third kappa shape index (κ3) is 3.12. The van der Waals surface area contributed by atoms with Crippen LogP contribution >= 0.6 is 0 Å². The molecule has 1 aromatic carbocycles. The Kier molecular flexibility index (Phi) is 4.17. The summed E-state index contributed by atoms with van der Waals surface area (Å²) in [5, 5.41) is 3.16. The van der Waals surface area contributed by atoms with Crippen molar-refractivity contribution in [3.05, 3.63) is 53.2 Å². The van der Waals surface area contributed by atoms with Gasteiger partial charge in [0.2, 0.25) is 0 Å². The average molecular weight is 255 g/mol. The van der Waals surface area contributed by atoms with Gasteiger partial charge in [-0.15, -0.1) is 0 Å². The van der Waals surface area contributed by atoms with Gasteiger partial charge in [0.1, 0.15) is 5.82 Å². The van der Waals surface area contributed by atoms with Crippen LogP contribution in [0.15, 0.2) is 36.5 Å². The highest BCUT2D eigenvalue weighted by Gasteiger charge is 2.08. The highest BCUT2D eigenvalue weighted by molar-refractivity contribution is 5.63. The van der Waals surface area contributed by atoms with Crippen molar-refractivity contribution >= 4 is 11.5 Å². The molecule has 0 unspecified atom stereocenters. The topological polar surface area (TPSA) is 28.2 Å². The first-order chi connectivity index (χ1) is 9.11. The molecule has 3 heteroatoms. The lowest BCUT2D eigenvalue weighted by Crippen LogP contribution is -2.13. The van der Waals surface area contributed by atoms with E-state index in [0.717, 1.165) is 12.4 Å². The van der Waals surface area contributed by atoms with Crippen molar-refractivity contribution in [1.82, 2.24) is 10.3 Å². The molecule has 0 saturated heterocycles. The van der Waals surface area contributed by atoms with E-state index in [-0.39, 0.29) is 0 Å². The van der Waals surface area contributed by atoms with Crippen LogP contribution in [0.4, 0.5) is 11.5 Å². The molecule has 19 heavy (non-hydrogen) atoms. The summed E-state index contributed by atoms with van der Waals surface area (Å²) in [6.45, 7) is 5.11. The first kappa shape index (κ1) is 13.6. The van der Waals surface area contributed by atoms with Crippen LogP contribution in [0.25, 0.3) is 0 Å². The van der Waals surface area contributed by atoms with Crippen molar-refractivity contribution in [2.24, 2.45) is 0 Å². The van der Waals surface area contributed by atoms with Gasteiger partial charge in [-0.1, -0.05) is 17.7 Å². The van der Waals surface area contributed by atoms with Crippen LogP contribution in [-0.4, -0.2) is 19.1 Å². The fraction of sp³-hybridized carbons (Fsp3) is 0.312. The number of anilines is 2. The van der Waals surface area contributed by atoms with Gasteiger partial charge in [-0.2, -0.15) is 0 Å². The van der Waals surface area contributed by atoms with Crippen molar-refractivity contribution in [1.29, 1.82) is 0 Å². The second-order valence-corrected chi connectivity index (χ2v) is 4.90. The molecule has 0 bridgehead atoms. The quantitative estimate of drug-likeness (QED) is 0.909. The van der Waals surface area contributed by atoms with E-state index >= 15 is 0 Å². The number of rotatable bonds is 4. The Labute approximate surface area is 115 Å². The Bertz CT molecular complexity index is 564. The van der Waals surface area contributed by atoms with E-state index in [0.29, 0.717) is 0 Å². The van der Waals surface area contributed by atoms with E-state index in [9.17, 15) is 0 Å². The van der Waals surface area contributed by atoms with Gasteiger partial charge in [-0.05, 0) is 50.2 Å². The third-order valence-corrected chi connectivity index (χ3v) is 3.25. The number of aryl methyl sites for hydroxylation is 2. The Hall–Kier alpha value is -1.87. The van der Waals surface area contributed by atoms with E-state index in [1.165, 1.54) is 22.4 Å². The molecule has 0 aliphatic heterocycles. The Morgan fingerprint density at radius 3 is 2.63 bits per heavy atom. The molecule has 0 aliphatic rings. The van der Waals surface area contributed by atoms with Crippen LogP contribution in [0, 0.1) is 13.8 Å². The standard InChI is InChI=1S/C16H21N3/c1-12-5-6-15(13(2)9-12)19(4)16-10-14(11-17-3)7-8-18-16/h5-10,17H,11H2,1-4H3. The van der Waals surface area contributed by atoms with Crippen LogP contribution in [0.3, 0.4) is 0 Å². The monoisotopic (exact) mass is 255 g/mol. The maximum absolute atomic E-state index is 4.46. The molecule has 2 aromatic rings. The normalized spacial score (nSPS) is 10.5. The SMILES string of the molecule is CNCc1ccnc(N(C)c2ccc(C)cc2C)c1. The minimum absolute atomic E-state index is 0.857. The summed E-state index contributed by atoms with van der Waals surface area (Å²) in [4.78, 5) is 6.59. The zero-order valence-electron chi connectivity index (χ0n) is 12.1. The molecule has 0 radical (unpaired) electrons. The molecular weight excluding hydrogens is 234 g/mol. The number of benzene rings is 1. The molecule has 2 rings (SSSR count). The second kappa shape index (κ2) is 5.85. The molecule has 1 aromatic heterocycles. The molecule has 0 spiro atoms. The van der Waals surface area contributed by atoms with Crippen molar-refractivity contribution < 1.29 is 0 Å². The zero-order valence-corrected chi connectivity index (χ0v) is 12.1. The summed E-state index contributed by atoms with van der Waals surface area (Å²) in [5.41, 5.74) is 4.98. The van der Waals surface area contributed by atoms with Crippen LogP contribution < -0.4 is 10.2 Å². The molecule has 0 atom stereocenters. The lowest BCUT2D eigenvalue weighted by atomic mass is 10.1. The smallest absolute Gasteiger partial charge is 0.132 e. The minimum Gasteiger partial charge on any atom is -0.329 e. The van der Waals surface area contributed by atoms with Crippen LogP contribution in [0.1, 0.15) is 16.7 Å². The van der Waals surface area contributed by atoms with Crippen LogP contribution in [0.2, 0.25) is 0 Å².